The molecule has 1 aliphatic heterocycles. The molecular formula is C17H23N5O. The first-order chi connectivity index (χ1) is 11.1. The molecule has 122 valence electrons. The van der Waals surface area contributed by atoms with Gasteiger partial charge in [-0.25, -0.2) is 4.98 Å². The van der Waals surface area contributed by atoms with Crippen LogP contribution in [0.2, 0.25) is 0 Å². The maximum Gasteiger partial charge on any atom is 0.223 e. The number of carbonyl (C=O) groups excluding carboxylic acids is 1. The number of imidazole rings is 1. The van der Waals surface area contributed by atoms with Crippen LogP contribution in [0, 0.1) is 6.92 Å². The van der Waals surface area contributed by atoms with Crippen molar-refractivity contribution in [1.29, 1.82) is 0 Å². The number of nitrogens with one attached hydrogen (secondary N) is 1. The number of hydrogen-bond acceptors (Lipinski definition) is 3. The predicted octanol–water partition coefficient (Wildman–Crippen LogP) is 2.38. The summed E-state index contributed by atoms with van der Waals surface area (Å²) in [5, 5.41) is 4.22. The fraction of sp³-hybridized carbons (Fsp3) is 0.588. The molecule has 1 saturated carbocycles. The molecule has 1 atom stereocenters. The van der Waals surface area contributed by atoms with Gasteiger partial charge >= 0.3 is 0 Å². The summed E-state index contributed by atoms with van der Waals surface area (Å²) in [5.41, 5.74) is 3.00. The molecule has 23 heavy (non-hydrogen) atoms. The molecule has 1 N–H and O–H groups in total. The van der Waals surface area contributed by atoms with E-state index in [0.717, 1.165) is 42.2 Å². The van der Waals surface area contributed by atoms with Crippen LogP contribution >= 0.6 is 0 Å². The SMILES string of the molecule is Cc1[nH]c([C@H]2CC(=O)N(C3CCCC3)C2)nc1-c1cnn(C)c1. The number of aromatic amines is 1. The van der Waals surface area contributed by atoms with Gasteiger partial charge in [-0.1, -0.05) is 12.8 Å². The molecule has 6 nitrogen and oxygen atoms in total. The van der Waals surface area contributed by atoms with Crippen LogP contribution in [0.1, 0.15) is 49.5 Å². The molecule has 0 bridgehead atoms. The van der Waals surface area contributed by atoms with Gasteiger partial charge < -0.3 is 9.88 Å². The van der Waals surface area contributed by atoms with E-state index in [1.807, 2.05) is 26.4 Å². The number of rotatable bonds is 3. The van der Waals surface area contributed by atoms with Crippen molar-refractivity contribution in [1.82, 2.24) is 24.6 Å². The van der Waals surface area contributed by atoms with Gasteiger partial charge in [0.25, 0.3) is 0 Å². The molecule has 2 aromatic rings. The Morgan fingerprint density at radius 2 is 2.09 bits per heavy atom. The molecular weight excluding hydrogens is 290 g/mol. The Bertz CT molecular complexity index is 725. The minimum Gasteiger partial charge on any atom is -0.345 e. The number of carbonyl (C=O) groups is 1. The van der Waals surface area contributed by atoms with E-state index >= 15 is 0 Å². The molecule has 0 aromatic carbocycles. The van der Waals surface area contributed by atoms with Crippen molar-refractivity contribution in [2.24, 2.45) is 7.05 Å². The second-order valence-electron chi connectivity index (χ2n) is 6.88. The zero-order valence-corrected chi connectivity index (χ0v) is 13.7. The third-order valence-electron chi connectivity index (χ3n) is 5.19. The summed E-state index contributed by atoms with van der Waals surface area (Å²) in [6, 6.07) is 0.460. The number of nitrogens with zero attached hydrogens (tertiary/aromatic N) is 4. The van der Waals surface area contributed by atoms with E-state index < -0.39 is 0 Å². The van der Waals surface area contributed by atoms with Gasteiger partial charge in [0.2, 0.25) is 5.91 Å². The molecule has 0 unspecified atom stereocenters. The van der Waals surface area contributed by atoms with Gasteiger partial charge in [-0.2, -0.15) is 5.10 Å². The minimum atomic E-state index is 0.187. The predicted molar refractivity (Wildman–Crippen MR) is 86.9 cm³/mol. The minimum absolute atomic E-state index is 0.187. The standard InChI is InChI=1S/C17H23N5O/c1-11-16(13-8-18-21(2)9-13)20-17(19-11)12-7-15(23)22(10-12)14-5-3-4-6-14/h8-9,12,14H,3-7,10H2,1-2H3,(H,19,20)/t12-/m0/s1. The highest BCUT2D eigenvalue weighted by atomic mass is 16.2. The van der Waals surface area contributed by atoms with Crippen molar-refractivity contribution in [3.8, 4) is 11.3 Å². The van der Waals surface area contributed by atoms with E-state index in [4.69, 9.17) is 4.98 Å². The summed E-state index contributed by atoms with van der Waals surface area (Å²) < 4.78 is 1.78. The Hall–Kier alpha value is -2.11. The highest BCUT2D eigenvalue weighted by Gasteiger charge is 2.37. The zero-order chi connectivity index (χ0) is 16.0. The summed E-state index contributed by atoms with van der Waals surface area (Å²) in [6.07, 6.45) is 9.21. The lowest BCUT2D eigenvalue weighted by Gasteiger charge is -2.23. The highest BCUT2D eigenvalue weighted by molar-refractivity contribution is 5.80. The smallest absolute Gasteiger partial charge is 0.223 e. The Morgan fingerprint density at radius 1 is 1.30 bits per heavy atom. The number of likely N-dealkylation sites (tertiary alicyclic amines) is 1. The Labute approximate surface area is 135 Å². The average Bonchev–Trinajstić information content (AvgIpc) is 3.25. The van der Waals surface area contributed by atoms with E-state index in [0.29, 0.717) is 18.4 Å². The Morgan fingerprint density at radius 3 is 2.78 bits per heavy atom. The van der Waals surface area contributed by atoms with Crippen LogP contribution in [0.5, 0.6) is 0 Å². The third kappa shape index (κ3) is 2.56. The van der Waals surface area contributed by atoms with Gasteiger partial charge in [0.05, 0.1) is 11.9 Å². The first-order valence-corrected chi connectivity index (χ1v) is 8.47. The largest absolute Gasteiger partial charge is 0.345 e. The number of aryl methyl sites for hydroxylation is 2. The van der Waals surface area contributed by atoms with Gasteiger partial charge in [-0.05, 0) is 19.8 Å². The molecule has 1 amide bonds. The monoisotopic (exact) mass is 313 g/mol. The summed E-state index contributed by atoms with van der Waals surface area (Å²) in [5.74, 6) is 1.42. The number of amides is 1. The van der Waals surface area contributed by atoms with E-state index in [2.05, 4.69) is 15.0 Å². The van der Waals surface area contributed by atoms with Gasteiger partial charge in [0.1, 0.15) is 5.82 Å². The van der Waals surface area contributed by atoms with Crippen molar-refractivity contribution in [3.63, 3.8) is 0 Å². The van der Waals surface area contributed by atoms with Gasteiger partial charge in [-0.3, -0.25) is 9.48 Å². The second-order valence-corrected chi connectivity index (χ2v) is 6.88. The zero-order valence-electron chi connectivity index (χ0n) is 13.7. The van der Waals surface area contributed by atoms with Crippen molar-refractivity contribution in [3.05, 3.63) is 23.9 Å². The van der Waals surface area contributed by atoms with Crippen LogP contribution in [-0.4, -0.2) is 43.1 Å². The van der Waals surface area contributed by atoms with Crippen LogP contribution in [0.3, 0.4) is 0 Å². The first-order valence-electron chi connectivity index (χ1n) is 8.47. The molecule has 3 heterocycles. The molecule has 2 fully saturated rings. The lowest BCUT2D eigenvalue weighted by atomic mass is 10.1. The van der Waals surface area contributed by atoms with Crippen LogP contribution in [-0.2, 0) is 11.8 Å². The molecule has 4 rings (SSSR count). The van der Waals surface area contributed by atoms with Gasteiger partial charge in [0, 0.05) is 49.4 Å². The normalized spacial score (nSPS) is 22.4. The quantitative estimate of drug-likeness (QED) is 0.946. The topological polar surface area (TPSA) is 66.8 Å². The number of H-pyrrole nitrogens is 1. The van der Waals surface area contributed by atoms with Crippen molar-refractivity contribution >= 4 is 5.91 Å². The fourth-order valence-corrected chi connectivity index (χ4v) is 3.99. The average molecular weight is 313 g/mol. The number of aromatic nitrogens is 4. The van der Waals surface area contributed by atoms with Crippen LogP contribution in [0.15, 0.2) is 12.4 Å². The highest BCUT2D eigenvalue weighted by Crippen LogP contribution is 2.34. The Balaban J connectivity index is 1.56. The van der Waals surface area contributed by atoms with Gasteiger partial charge in [-0.15, -0.1) is 0 Å². The molecule has 0 spiro atoms. The van der Waals surface area contributed by atoms with E-state index in [-0.39, 0.29) is 5.92 Å². The van der Waals surface area contributed by atoms with E-state index in [1.165, 1.54) is 12.8 Å². The summed E-state index contributed by atoms with van der Waals surface area (Å²) in [7, 11) is 1.90. The molecule has 0 radical (unpaired) electrons. The van der Waals surface area contributed by atoms with Crippen molar-refractivity contribution in [2.75, 3.05) is 6.54 Å². The molecule has 1 saturated heterocycles. The summed E-state index contributed by atoms with van der Waals surface area (Å²) in [6.45, 7) is 2.84. The van der Waals surface area contributed by atoms with Gasteiger partial charge in [0.15, 0.2) is 0 Å². The van der Waals surface area contributed by atoms with E-state index in [9.17, 15) is 4.79 Å². The lowest BCUT2D eigenvalue weighted by molar-refractivity contribution is -0.129. The van der Waals surface area contributed by atoms with Crippen LogP contribution in [0.4, 0.5) is 0 Å². The fourth-order valence-electron chi connectivity index (χ4n) is 3.99. The van der Waals surface area contributed by atoms with E-state index in [1.54, 1.807) is 4.68 Å². The lowest BCUT2D eigenvalue weighted by Crippen LogP contribution is -2.34. The van der Waals surface area contributed by atoms with Crippen molar-refractivity contribution in [2.45, 2.75) is 51.0 Å². The molecule has 2 aromatic heterocycles. The van der Waals surface area contributed by atoms with Crippen LogP contribution in [0.25, 0.3) is 11.3 Å². The van der Waals surface area contributed by atoms with Crippen molar-refractivity contribution < 1.29 is 4.79 Å². The Kier molecular flexibility index (Phi) is 3.47. The molecule has 6 heteroatoms. The molecule has 2 aliphatic rings. The number of hydrogen-bond donors (Lipinski definition) is 1. The summed E-state index contributed by atoms with van der Waals surface area (Å²) >= 11 is 0. The second kappa shape index (κ2) is 5.51. The maximum absolute atomic E-state index is 12.4. The first kappa shape index (κ1) is 14.5. The molecule has 1 aliphatic carbocycles. The maximum atomic E-state index is 12.4. The van der Waals surface area contributed by atoms with Crippen LogP contribution < -0.4 is 0 Å². The third-order valence-corrected chi connectivity index (χ3v) is 5.19. The summed E-state index contributed by atoms with van der Waals surface area (Å²) in [4.78, 5) is 22.7.